The summed E-state index contributed by atoms with van der Waals surface area (Å²) >= 11 is 6.08. The molecule has 0 aliphatic heterocycles. The topological polar surface area (TPSA) is 105 Å². The second kappa shape index (κ2) is 14.9. The molecule has 0 spiro atoms. The maximum atomic E-state index is 14.2. The van der Waals surface area contributed by atoms with Crippen molar-refractivity contribution in [2.45, 2.75) is 57.1 Å². The van der Waals surface area contributed by atoms with Crippen molar-refractivity contribution in [3.8, 4) is 11.5 Å². The number of amides is 2. The molecule has 2 atom stereocenters. The van der Waals surface area contributed by atoms with E-state index < -0.39 is 28.5 Å². The van der Waals surface area contributed by atoms with E-state index in [-0.39, 0.29) is 34.8 Å². The minimum Gasteiger partial charge on any atom is -0.497 e. The highest BCUT2D eigenvalue weighted by Gasteiger charge is 2.35. The molecule has 0 aliphatic rings. The molecule has 226 valence electrons. The summed E-state index contributed by atoms with van der Waals surface area (Å²) in [6.07, 6.45) is 1.03. The van der Waals surface area contributed by atoms with Gasteiger partial charge in [0.05, 0.1) is 24.8 Å². The summed E-state index contributed by atoms with van der Waals surface area (Å²) in [4.78, 5) is 29.0. The van der Waals surface area contributed by atoms with Gasteiger partial charge < -0.3 is 19.7 Å². The van der Waals surface area contributed by atoms with Crippen molar-refractivity contribution in [1.82, 2.24) is 10.2 Å². The molecule has 2 amide bonds. The molecular formula is C31H38ClN3O6S. The van der Waals surface area contributed by atoms with Crippen LogP contribution < -0.4 is 19.1 Å². The summed E-state index contributed by atoms with van der Waals surface area (Å²) in [7, 11) is -1.39. The lowest BCUT2D eigenvalue weighted by Crippen LogP contribution is -2.53. The second-order valence-electron chi connectivity index (χ2n) is 9.75. The number of ether oxygens (including phenoxy) is 2. The van der Waals surface area contributed by atoms with Crippen LogP contribution in [0.5, 0.6) is 11.5 Å². The smallest absolute Gasteiger partial charge is 0.264 e. The van der Waals surface area contributed by atoms with E-state index in [1.165, 1.54) is 37.3 Å². The lowest BCUT2D eigenvalue weighted by atomic mass is 10.1. The Morgan fingerprint density at radius 2 is 1.60 bits per heavy atom. The molecule has 0 aromatic heterocycles. The number of hydrogen-bond donors (Lipinski definition) is 1. The van der Waals surface area contributed by atoms with Gasteiger partial charge in [-0.1, -0.05) is 55.8 Å². The van der Waals surface area contributed by atoms with E-state index in [4.69, 9.17) is 21.1 Å². The zero-order valence-electron chi connectivity index (χ0n) is 24.5. The minimum absolute atomic E-state index is 0.00604. The fourth-order valence-electron chi connectivity index (χ4n) is 4.37. The summed E-state index contributed by atoms with van der Waals surface area (Å²) in [5.41, 5.74) is 0.858. The van der Waals surface area contributed by atoms with Gasteiger partial charge in [0, 0.05) is 23.7 Å². The number of hydrogen-bond acceptors (Lipinski definition) is 6. The van der Waals surface area contributed by atoms with Gasteiger partial charge in [-0.15, -0.1) is 0 Å². The first kappa shape index (κ1) is 32.8. The molecule has 11 heteroatoms. The average molecular weight is 616 g/mol. The van der Waals surface area contributed by atoms with Gasteiger partial charge in [-0.2, -0.15) is 0 Å². The third kappa shape index (κ3) is 7.95. The Kier molecular flexibility index (Phi) is 11.6. The Morgan fingerprint density at radius 1 is 0.929 bits per heavy atom. The summed E-state index contributed by atoms with van der Waals surface area (Å²) in [6, 6.07) is 18.5. The van der Waals surface area contributed by atoms with Gasteiger partial charge in [0.25, 0.3) is 10.0 Å². The zero-order chi connectivity index (χ0) is 30.9. The van der Waals surface area contributed by atoms with Gasteiger partial charge in [-0.25, -0.2) is 8.42 Å². The molecule has 0 aliphatic carbocycles. The van der Waals surface area contributed by atoms with Crippen LogP contribution >= 0.6 is 11.6 Å². The molecule has 0 unspecified atom stereocenters. The molecule has 9 nitrogen and oxygen atoms in total. The van der Waals surface area contributed by atoms with Crippen molar-refractivity contribution in [3.05, 3.63) is 83.4 Å². The van der Waals surface area contributed by atoms with Gasteiger partial charge >= 0.3 is 0 Å². The summed E-state index contributed by atoms with van der Waals surface area (Å²) < 4.78 is 40.0. The highest BCUT2D eigenvalue weighted by atomic mass is 35.5. The molecule has 1 N–H and O–H groups in total. The predicted molar refractivity (Wildman–Crippen MR) is 164 cm³/mol. The SMILES string of the molecule is CC[C@@H](C)NC(=O)[C@H](CC)N(Cc1ccc(Cl)cc1)C(=O)CN(c1cc(OC)ccc1OC)S(=O)(=O)c1ccccc1. The molecule has 0 fully saturated rings. The van der Waals surface area contributed by atoms with Crippen LogP contribution in [0.25, 0.3) is 0 Å². The van der Waals surface area contributed by atoms with E-state index >= 15 is 0 Å². The van der Waals surface area contributed by atoms with Crippen LogP contribution in [0.4, 0.5) is 5.69 Å². The highest BCUT2D eigenvalue weighted by molar-refractivity contribution is 7.92. The number of carbonyl (C=O) groups excluding carboxylic acids is 2. The van der Waals surface area contributed by atoms with Crippen LogP contribution in [0, 0.1) is 0 Å². The molecule has 3 aromatic rings. The Morgan fingerprint density at radius 3 is 2.17 bits per heavy atom. The van der Waals surface area contributed by atoms with E-state index in [2.05, 4.69) is 5.32 Å². The van der Waals surface area contributed by atoms with Crippen LogP contribution in [-0.4, -0.2) is 58.0 Å². The third-order valence-electron chi connectivity index (χ3n) is 6.92. The van der Waals surface area contributed by atoms with Crippen molar-refractivity contribution in [2.75, 3.05) is 25.1 Å². The van der Waals surface area contributed by atoms with Crippen LogP contribution in [0.15, 0.2) is 77.7 Å². The largest absolute Gasteiger partial charge is 0.497 e. The summed E-state index contributed by atoms with van der Waals surface area (Å²) in [5, 5.41) is 3.49. The van der Waals surface area contributed by atoms with E-state index in [0.29, 0.717) is 23.6 Å². The Bertz CT molecular complexity index is 1450. The van der Waals surface area contributed by atoms with E-state index in [9.17, 15) is 18.0 Å². The Balaban J connectivity index is 2.13. The number of benzene rings is 3. The fraction of sp³-hybridized carbons (Fsp3) is 0.355. The molecule has 0 heterocycles. The minimum atomic E-state index is -4.26. The molecule has 0 bridgehead atoms. The molecule has 3 rings (SSSR count). The van der Waals surface area contributed by atoms with Crippen molar-refractivity contribution in [3.63, 3.8) is 0 Å². The number of halogens is 1. The quantitative estimate of drug-likeness (QED) is 0.265. The Hall–Kier alpha value is -3.76. The predicted octanol–water partition coefficient (Wildman–Crippen LogP) is 5.27. The van der Waals surface area contributed by atoms with Gasteiger partial charge in [0.15, 0.2) is 0 Å². The number of sulfonamides is 1. The fourth-order valence-corrected chi connectivity index (χ4v) is 5.94. The van der Waals surface area contributed by atoms with Crippen molar-refractivity contribution in [2.24, 2.45) is 0 Å². The third-order valence-corrected chi connectivity index (χ3v) is 8.94. The molecular weight excluding hydrogens is 578 g/mol. The van der Waals surface area contributed by atoms with Crippen molar-refractivity contribution < 1.29 is 27.5 Å². The van der Waals surface area contributed by atoms with Crippen LogP contribution in [0.3, 0.4) is 0 Å². The zero-order valence-corrected chi connectivity index (χ0v) is 26.1. The second-order valence-corrected chi connectivity index (χ2v) is 12.1. The maximum Gasteiger partial charge on any atom is 0.264 e. The number of methoxy groups -OCH3 is 2. The van der Waals surface area contributed by atoms with E-state index in [1.807, 2.05) is 20.8 Å². The first-order valence-corrected chi connectivity index (χ1v) is 15.5. The Labute approximate surface area is 253 Å². The van der Waals surface area contributed by atoms with Crippen LogP contribution in [-0.2, 0) is 26.2 Å². The standard InChI is InChI=1S/C31H38ClN3O6S/c1-6-22(3)33-31(37)27(7-2)34(20-23-13-15-24(32)16-14-23)30(36)21-35(42(38,39)26-11-9-8-10-12-26)28-19-25(40-4)17-18-29(28)41-5/h8-19,22,27H,6-7,20-21H2,1-5H3,(H,33,37)/t22-,27+/m1/s1. The first-order chi connectivity index (χ1) is 20.0. The van der Waals surface area contributed by atoms with E-state index in [1.54, 1.807) is 54.6 Å². The molecule has 0 saturated heterocycles. The lowest BCUT2D eigenvalue weighted by Gasteiger charge is -2.34. The van der Waals surface area contributed by atoms with Crippen molar-refractivity contribution >= 4 is 39.1 Å². The normalized spacial score (nSPS) is 12.6. The first-order valence-electron chi connectivity index (χ1n) is 13.7. The number of nitrogens with one attached hydrogen (secondary N) is 1. The maximum absolute atomic E-state index is 14.2. The van der Waals surface area contributed by atoms with E-state index in [0.717, 1.165) is 9.87 Å². The molecule has 0 saturated carbocycles. The van der Waals surface area contributed by atoms with Crippen molar-refractivity contribution in [1.29, 1.82) is 0 Å². The lowest BCUT2D eigenvalue weighted by molar-refractivity contribution is -0.140. The van der Waals surface area contributed by atoms with Gasteiger partial charge in [-0.3, -0.25) is 13.9 Å². The summed E-state index contributed by atoms with van der Waals surface area (Å²) in [5.74, 6) is -0.274. The van der Waals surface area contributed by atoms with Gasteiger partial charge in [0.2, 0.25) is 11.8 Å². The van der Waals surface area contributed by atoms with Gasteiger partial charge in [0.1, 0.15) is 24.1 Å². The number of rotatable bonds is 14. The number of nitrogens with zero attached hydrogens (tertiary/aromatic N) is 2. The highest BCUT2D eigenvalue weighted by Crippen LogP contribution is 2.36. The number of anilines is 1. The average Bonchev–Trinajstić information content (AvgIpc) is 3.00. The molecule has 42 heavy (non-hydrogen) atoms. The summed E-state index contributed by atoms with van der Waals surface area (Å²) in [6.45, 7) is 5.13. The molecule has 3 aromatic carbocycles. The van der Waals surface area contributed by atoms with Crippen LogP contribution in [0.2, 0.25) is 5.02 Å². The number of carbonyl (C=O) groups is 2. The molecule has 0 radical (unpaired) electrons. The van der Waals surface area contributed by atoms with Crippen LogP contribution in [0.1, 0.15) is 39.2 Å². The monoisotopic (exact) mass is 615 g/mol. The van der Waals surface area contributed by atoms with Gasteiger partial charge in [-0.05, 0) is 61.7 Å².